The van der Waals surface area contributed by atoms with Crippen LogP contribution in [0.1, 0.15) is 66.2 Å². The van der Waals surface area contributed by atoms with Crippen molar-refractivity contribution in [3.8, 4) is 0 Å². The summed E-state index contributed by atoms with van der Waals surface area (Å²) in [7, 11) is 0. The molecule has 0 aliphatic carbocycles. The van der Waals surface area contributed by atoms with Crippen LogP contribution < -0.4 is 0 Å². The largest absolute Gasteiger partial charge is 0.339 e. The van der Waals surface area contributed by atoms with Crippen molar-refractivity contribution >= 4 is 11.7 Å². The third-order valence-electron chi connectivity index (χ3n) is 4.12. The fraction of sp³-hybridized carbons (Fsp3) is 0.867. The van der Waals surface area contributed by atoms with Crippen LogP contribution in [-0.2, 0) is 9.59 Å². The van der Waals surface area contributed by atoms with Crippen LogP contribution in [0.15, 0.2) is 0 Å². The molecule has 1 atom stereocenters. The molecule has 1 aliphatic rings. The number of carbonyl (C=O) groups is 2. The first-order valence-electron chi connectivity index (χ1n) is 7.19. The summed E-state index contributed by atoms with van der Waals surface area (Å²) in [6.45, 7) is 8.50. The Morgan fingerprint density at radius 2 is 1.89 bits per heavy atom. The van der Waals surface area contributed by atoms with Gasteiger partial charge in [0.25, 0.3) is 0 Å². The second kappa shape index (κ2) is 6.35. The van der Waals surface area contributed by atoms with Crippen molar-refractivity contribution < 1.29 is 9.59 Å². The van der Waals surface area contributed by atoms with Gasteiger partial charge >= 0.3 is 0 Å². The molecule has 3 heteroatoms. The van der Waals surface area contributed by atoms with Gasteiger partial charge in [0.2, 0.25) is 5.91 Å². The van der Waals surface area contributed by atoms with E-state index in [1.165, 1.54) is 6.42 Å². The molecule has 18 heavy (non-hydrogen) atoms. The molecule has 0 bridgehead atoms. The fourth-order valence-corrected chi connectivity index (χ4v) is 2.53. The number of hydrogen-bond acceptors (Lipinski definition) is 2. The maximum Gasteiger partial charge on any atom is 0.228 e. The molecule has 1 fully saturated rings. The molecular weight excluding hydrogens is 226 g/mol. The second-order valence-corrected chi connectivity index (χ2v) is 6.15. The summed E-state index contributed by atoms with van der Waals surface area (Å²) in [4.78, 5) is 26.0. The number of Topliss-reactive ketones (excluding diaryl/α,β-unsaturated/α-hetero) is 1. The first kappa shape index (κ1) is 15.2. The first-order chi connectivity index (χ1) is 8.38. The number of ketones is 1. The van der Waals surface area contributed by atoms with Gasteiger partial charge in [-0.3, -0.25) is 9.59 Å². The number of hydrogen-bond donors (Lipinski definition) is 0. The lowest BCUT2D eigenvalue weighted by atomic mass is 9.87. The van der Waals surface area contributed by atoms with Crippen molar-refractivity contribution in [3.63, 3.8) is 0 Å². The predicted octanol–water partition coefficient (Wildman–Crippen LogP) is 3.17. The Bertz CT molecular complexity index is 310. The van der Waals surface area contributed by atoms with Gasteiger partial charge in [0.1, 0.15) is 5.78 Å². The molecule has 0 aromatic rings. The molecule has 0 saturated carbocycles. The van der Waals surface area contributed by atoms with Crippen molar-refractivity contribution in [1.82, 2.24) is 4.90 Å². The number of carbonyl (C=O) groups excluding carboxylic acids is 2. The summed E-state index contributed by atoms with van der Waals surface area (Å²) < 4.78 is 0. The van der Waals surface area contributed by atoms with Gasteiger partial charge in [-0.05, 0) is 26.2 Å². The van der Waals surface area contributed by atoms with Gasteiger partial charge < -0.3 is 4.90 Å². The zero-order chi connectivity index (χ0) is 13.8. The minimum Gasteiger partial charge on any atom is -0.339 e. The van der Waals surface area contributed by atoms with Crippen LogP contribution in [0.4, 0.5) is 0 Å². The summed E-state index contributed by atoms with van der Waals surface area (Å²) in [5.41, 5.74) is -0.306. The summed E-state index contributed by atoms with van der Waals surface area (Å²) in [5, 5.41) is 0. The number of nitrogens with zero attached hydrogens (tertiary/aromatic N) is 1. The lowest BCUT2D eigenvalue weighted by molar-refractivity contribution is -0.143. The standard InChI is InChI=1S/C15H27NO2/c1-5-15(3,4)14(18)16-10-8-6-7-9-13(16)11-12(2)17/h13H,5-11H2,1-4H3. The van der Waals surface area contributed by atoms with Gasteiger partial charge in [-0.2, -0.15) is 0 Å². The third-order valence-corrected chi connectivity index (χ3v) is 4.12. The Labute approximate surface area is 111 Å². The number of rotatable bonds is 4. The molecule has 1 heterocycles. The van der Waals surface area contributed by atoms with Crippen LogP contribution in [0.25, 0.3) is 0 Å². The van der Waals surface area contributed by atoms with Gasteiger partial charge in [-0.25, -0.2) is 0 Å². The first-order valence-corrected chi connectivity index (χ1v) is 7.19. The average Bonchev–Trinajstić information content (AvgIpc) is 2.52. The SMILES string of the molecule is CCC(C)(C)C(=O)N1CCCCCC1CC(C)=O. The normalized spacial score (nSPS) is 21.6. The minimum absolute atomic E-state index is 0.128. The summed E-state index contributed by atoms with van der Waals surface area (Å²) in [5.74, 6) is 0.409. The van der Waals surface area contributed by atoms with E-state index in [1.807, 2.05) is 18.7 Å². The van der Waals surface area contributed by atoms with Crippen LogP contribution in [0.3, 0.4) is 0 Å². The Morgan fingerprint density at radius 3 is 2.44 bits per heavy atom. The van der Waals surface area contributed by atoms with Gasteiger partial charge in [0.15, 0.2) is 0 Å². The highest BCUT2D eigenvalue weighted by Gasteiger charge is 2.34. The van der Waals surface area contributed by atoms with Gasteiger partial charge in [-0.1, -0.05) is 33.6 Å². The maximum atomic E-state index is 12.6. The van der Waals surface area contributed by atoms with Gasteiger partial charge in [-0.15, -0.1) is 0 Å². The number of likely N-dealkylation sites (tertiary alicyclic amines) is 1. The topological polar surface area (TPSA) is 37.4 Å². The molecule has 0 N–H and O–H groups in total. The van der Waals surface area contributed by atoms with E-state index in [4.69, 9.17) is 0 Å². The Kier molecular flexibility index (Phi) is 5.36. The van der Waals surface area contributed by atoms with Gasteiger partial charge in [0, 0.05) is 24.4 Å². The molecule has 104 valence electrons. The Hall–Kier alpha value is -0.860. The predicted molar refractivity (Wildman–Crippen MR) is 73.3 cm³/mol. The van der Waals surface area contributed by atoms with Crippen LogP contribution in [0, 0.1) is 5.41 Å². The van der Waals surface area contributed by atoms with E-state index in [-0.39, 0.29) is 23.1 Å². The summed E-state index contributed by atoms with van der Waals surface area (Å²) in [6.07, 6.45) is 5.71. The lowest BCUT2D eigenvalue weighted by Gasteiger charge is -2.35. The van der Waals surface area contributed by atoms with E-state index in [9.17, 15) is 9.59 Å². The maximum absolute atomic E-state index is 12.6. The zero-order valence-corrected chi connectivity index (χ0v) is 12.3. The fourth-order valence-electron chi connectivity index (χ4n) is 2.53. The highest BCUT2D eigenvalue weighted by Crippen LogP contribution is 2.28. The average molecular weight is 253 g/mol. The molecule has 1 rings (SSSR count). The van der Waals surface area contributed by atoms with Crippen LogP contribution in [0.2, 0.25) is 0 Å². The van der Waals surface area contributed by atoms with Crippen molar-refractivity contribution in [3.05, 3.63) is 0 Å². The molecule has 3 nitrogen and oxygen atoms in total. The third kappa shape index (κ3) is 3.82. The molecule has 0 aromatic carbocycles. The molecule has 0 aromatic heterocycles. The van der Waals surface area contributed by atoms with Crippen molar-refractivity contribution in [2.75, 3.05) is 6.54 Å². The Balaban J connectivity index is 2.85. The lowest BCUT2D eigenvalue weighted by Crippen LogP contribution is -2.47. The van der Waals surface area contributed by atoms with E-state index in [2.05, 4.69) is 6.92 Å². The summed E-state index contributed by atoms with van der Waals surface area (Å²) >= 11 is 0. The van der Waals surface area contributed by atoms with E-state index in [0.29, 0.717) is 6.42 Å². The molecular formula is C15H27NO2. The van der Waals surface area contributed by atoms with Crippen molar-refractivity contribution in [2.24, 2.45) is 5.41 Å². The van der Waals surface area contributed by atoms with E-state index >= 15 is 0 Å². The molecule has 1 saturated heterocycles. The molecule has 1 amide bonds. The van der Waals surface area contributed by atoms with Gasteiger partial charge in [0.05, 0.1) is 0 Å². The van der Waals surface area contributed by atoms with E-state index in [1.54, 1.807) is 6.92 Å². The molecule has 0 radical (unpaired) electrons. The number of amides is 1. The highest BCUT2D eigenvalue weighted by molar-refractivity contribution is 5.83. The Morgan fingerprint density at radius 1 is 1.22 bits per heavy atom. The highest BCUT2D eigenvalue weighted by atomic mass is 16.2. The quantitative estimate of drug-likeness (QED) is 0.771. The van der Waals surface area contributed by atoms with Crippen molar-refractivity contribution in [1.29, 1.82) is 0 Å². The smallest absolute Gasteiger partial charge is 0.228 e. The van der Waals surface area contributed by atoms with Crippen molar-refractivity contribution in [2.45, 2.75) is 72.3 Å². The van der Waals surface area contributed by atoms with Crippen LogP contribution in [0.5, 0.6) is 0 Å². The second-order valence-electron chi connectivity index (χ2n) is 6.15. The zero-order valence-electron chi connectivity index (χ0n) is 12.3. The summed E-state index contributed by atoms with van der Waals surface area (Å²) in [6, 6.07) is 0.128. The van der Waals surface area contributed by atoms with E-state index < -0.39 is 0 Å². The van der Waals surface area contributed by atoms with Crippen LogP contribution >= 0.6 is 0 Å². The minimum atomic E-state index is -0.306. The monoisotopic (exact) mass is 253 g/mol. The van der Waals surface area contributed by atoms with Crippen LogP contribution in [-0.4, -0.2) is 29.2 Å². The van der Waals surface area contributed by atoms with E-state index in [0.717, 1.165) is 32.2 Å². The molecule has 0 spiro atoms. The molecule has 1 aliphatic heterocycles. The molecule has 1 unspecified atom stereocenters.